The minimum atomic E-state index is -0.526. The van der Waals surface area contributed by atoms with Crippen LogP contribution in [-0.4, -0.2) is 24.6 Å². The van der Waals surface area contributed by atoms with Crippen LogP contribution < -0.4 is 11.3 Å². The number of nitrogens with one attached hydrogen (secondary N) is 1. The smallest absolute Gasteiger partial charge is 0.265 e. The van der Waals surface area contributed by atoms with E-state index in [1.54, 1.807) is 24.4 Å². The second kappa shape index (κ2) is 8.89. The minimum Gasteiger partial charge on any atom is -0.392 e. The van der Waals surface area contributed by atoms with Crippen molar-refractivity contribution in [3.63, 3.8) is 0 Å². The average Bonchev–Trinajstić information content (AvgIpc) is 3.71. The van der Waals surface area contributed by atoms with E-state index in [2.05, 4.69) is 15.0 Å². The molecule has 0 spiro atoms. The summed E-state index contributed by atoms with van der Waals surface area (Å²) in [6, 6.07) is 22.2. The Labute approximate surface area is 222 Å². The molecule has 0 saturated heterocycles. The molecule has 3 aromatic carbocycles. The molecule has 1 saturated carbocycles. The summed E-state index contributed by atoms with van der Waals surface area (Å²) >= 11 is 0. The zero-order valence-corrected chi connectivity index (χ0v) is 20.9. The van der Waals surface area contributed by atoms with Crippen molar-refractivity contribution in [1.29, 1.82) is 0 Å². The zero-order chi connectivity index (χ0) is 26.7. The van der Waals surface area contributed by atoms with Crippen molar-refractivity contribution in [2.45, 2.75) is 25.4 Å². The number of nitrogen functional groups attached to an aromatic ring is 1. The molecule has 7 rings (SSSR count). The fourth-order valence-electron chi connectivity index (χ4n) is 5.39. The van der Waals surface area contributed by atoms with Gasteiger partial charge in [0.1, 0.15) is 11.5 Å². The van der Waals surface area contributed by atoms with Crippen LogP contribution in [0.4, 0.5) is 10.3 Å². The molecule has 0 unspecified atom stereocenters. The lowest BCUT2D eigenvalue weighted by Gasteiger charge is -2.16. The first kappa shape index (κ1) is 23.3. The number of aromatic amines is 1. The molecule has 0 atom stereocenters. The Bertz CT molecular complexity index is 1960. The summed E-state index contributed by atoms with van der Waals surface area (Å²) in [5, 5.41) is 11.9. The molecule has 4 N–H and O–H groups in total. The van der Waals surface area contributed by atoms with Gasteiger partial charge < -0.3 is 15.8 Å². The molecule has 0 amide bonds. The van der Waals surface area contributed by atoms with Crippen molar-refractivity contribution < 1.29 is 9.50 Å². The quantitative estimate of drug-likeness (QED) is 0.272. The monoisotopic (exact) mass is 517 g/mol. The van der Waals surface area contributed by atoms with Crippen LogP contribution in [-0.2, 0) is 6.61 Å². The van der Waals surface area contributed by atoms with Crippen molar-refractivity contribution in [2.75, 3.05) is 5.73 Å². The molecule has 3 aromatic heterocycles. The summed E-state index contributed by atoms with van der Waals surface area (Å²) < 4.78 is 16.6. The molecule has 6 aromatic rings. The van der Waals surface area contributed by atoms with Crippen LogP contribution in [0.15, 0.2) is 83.8 Å². The van der Waals surface area contributed by atoms with Gasteiger partial charge in [0.15, 0.2) is 0 Å². The number of rotatable bonds is 5. The molecule has 0 bridgehead atoms. The van der Waals surface area contributed by atoms with Crippen LogP contribution in [0.5, 0.6) is 0 Å². The molecule has 192 valence electrons. The molecule has 7 nitrogen and oxygen atoms in total. The van der Waals surface area contributed by atoms with Crippen molar-refractivity contribution in [3.05, 3.63) is 106 Å². The predicted octanol–water partition coefficient (Wildman–Crippen LogP) is 5.69. The largest absolute Gasteiger partial charge is 0.392 e. The number of pyridine rings is 1. The number of nitrogens with zero attached hydrogens (tertiary/aromatic N) is 3. The van der Waals surface area contributed by atoms with Gasteiger partial charge in [-0.1, -0.05) is 48.5 Å². The number of benzene rings is 3. The maximum absolute atomic E-state index is 15.2. The molecule has 39 heavy (non-hydrogen) atoms. The van der Waals surface area contributed by atoms with Crippen molar-refractivity contribution in [1.82, 2.24) is 19.5 Å². The van der Waals surface area contributed by atoms with Crippen LogP contribution in [0.1, 0.15) is 29.9 Å². The van der Waals surface area contributed by atoms with Crippen LogP contribution in [0, 0.1) is 5.82 Å². The number of fused-ring (bicyclic) bond motifs is 2. The SMILES string of the molecule is Nc1nc(-c2cccc(-n3ccc4cc(C5CC5)cc(F)c4c3=O)c2CO)c2cc(-c3ccccc3)[nH]c2n1. The Morgan fingerprint density at radius 1 is 1.03 bits per heavy atom. The molecule has 0 aliphatic heterocycles. The third-order valence-corrected chi connectivity index (χ3v) is 7.44. The Kier molecular flexibility index (Phi) is 5.31. The number of aliphatic hydroxyl groups is 1. The highest BCUT2D eigenvalue weighted by atomic mass is 19.1. The lowest BCUT2D eigenvalue weighted by atomic mass is 10.00. The average molecular weight is 518 g/mol. The fraction of sp³-hybridized carbons (Fsp3) is 0.129. The van der Waals surface area contributed by atoms with E-state index in [1.807, 2.05) is 48.5 Å². The van der Waals surface area contributed by atoms with Gasteiger partial charge in [0.25, 0.3) is 5.56 Å². The Morgan fingerprint density at radius 3 is 2.62 bits per heavy atom. The van der Waals surface area contributed by atoms with E-state index in [0.29, 0.717) is 39.5 Å². The highest BCUT2D eigenvalue weighted by Crippen LogP contribution is 2.41. The number of hydrogen-bond acceptors (Lipinski definition) is 5. The number of H-pyrrole nitrogens is 1. The predicted molar refractivity (Wildman–Crippen MR) is 150 cm³/mol. The third-order valence-electron chi connectivity index (χ3n) is 7.44. The van der Waals surface area contributed by atoms with Gasteiger partial charge in [-0.2, -0.15) is 4.98 Å². The Hall–Kier alpha value is -4.82. The first-order chi connectivity index (χ1) is 19.0. The molecule has 1 aliphatic rings. The van der Waals surface area contributed by atoms with Gasteiger partial charge in [0, 0.05) is 28.4 Å². The van der Waals surface area contributed by atoms with Crippen molar-refractivity contribution in [2.24, 2.45) is 0 Å². The number of nitrogens with two attached hydrogens (primary N) is 1. The number of aromatic nitrogens is 4. The lowest BCUT2D eigenvalue weighted by molar-refractivity contribution is 0.282. The van der Waals surface area contributed by atoms with Gasteiger partial charge in [-0.15, -0.1) is 0 Å². The normalized spacial score (nSPS) is 13.4. The van der Waals surface area contributed by atoms with Gasteiger partial charge >= 0.3 is 0 Å². The van der Waals surface area contributed by atoms with E-state index >= 15 is 4.39 Å². The van der Waals surface area contributed by atoms with Crippen LogP contribution in [0.3, 0.4) is 0 Å². The first-order valence-corrected chi connectivity index (χ1v) is 12.8. The maximum atomic E-state index is 15.2. The summed E-state index contributed by atoms with van der Waals surface area (Å²) in [7, 11) is 0. The number of aliphatic hydroxyl groups excluding tert-OH is 1. The summed E-state index contributed by atoms with van der Waals surface area (Å²) in [6.45, 7) is -0.375. The van der Waals surface area contributed by atoms with Gasteiger partial charge in [-0.05, 0) is 59.5 Å². The van der Waals surface area contributed by atoms with Gasteiger partial charge in [-0.3, -0.25) is 9.36 Å². The van der Waals surface area contributed by atoms with E-state index in [4.69, 9.17) is 5.73 Å². The van der Waals surface area contributed by atoms with E-state index < -0.39 is 11.4 Å². The topological polar surface area (TPSA) is 110 Å². The maximum Gasteiger partial charge on any atom is 0.265 e. The number of halogens is 1. The summed E-state index contributed by atoms with van der Waals surface area (Å²) in [6.07, 6.45) is 3.72. The first-order valence-electron chi connectivity index (χ1n) is 12.8. The summed E-state index contributed by atoms with van der Waals surface area (Å²) in [5.41, 5.74) is 11.0. The summed E-state index contributed by atoms with van der Waals surface area (Å²) in [4.78, 5) is 25.8. The molecular weight excluding hydrogens is 493 g/mol. The van der Waals surface area contributed by atoms with E-state index in [1.165, 1.54) is 10.6 Å². The minimum absolute atomic E-state index is 0.0306. The van der Waals surface area contributed by atoms with Crippen LogP contribution in [0.25, 0.3) is 50.0 Å². The molecule has 8 heteroatoms. The number of hydrogen-bond donors (Lipinski definition) is 3. The third kappa shape index (κ3) is 3.88. The molecule has 1 aliphatic carbocycles. The van der Waals surface area contributed by atoms with Crippen LogP contribution in [0.2, 0.25) is 0 Å². The van der Waals surface area contributed by atoms with Gasteiger partial charge in [0.05, 0.1) is 23.4 Å². The van der Waals surface area contributed by atoms with E-state index in [0.717, 1.165) is 35.0 Å². The second-order valence-corrected chi connectivity index (χ2v) is 9.94. The molecule has 3 heterocycles. The van der Waals surface area contributed by atoms with E-state index in [9.17, 15) is 9.90 Å². The van der Waals surface area contributed by atoms with Crippen LogP contribution >= 0.6 is 0 Å². The molecule has 1 fully saturated rings. The highest BCUT2D eigenvalue weighted by molar-refractivity contribution is 5.96. The summed E-state index contributed by atoms with van der Waals surface area (Å²) in [5.74, 6) is -0.0804. The number of anilines is 1. The lowest BCUT2D eigenvalue weighted by Crippen LogP contribution is -2.20. The Morgan fingerprint density at radius 2 is 1.85 bits per heavy atom. The fourth-order valence-corrected chi connectivity index (χ4v) is 5.39. The highest BCUT2D eigenvalue weighted by Gasteiger charge is 2.25. The molecule has 0 radical (unpaired) electrons. The molecular formula is C31H24FN5O2. The zero-order valence-electron chi connectivity index (χ0n) is 20.9. The standard InChI is InChI=1S/C31H24FN5O2/c32-24-14-20(17-9-10-17)13-19-11-12-37(30(39)27(19)24)26-8-4-7-21(23(26)16-38)28-22-15-25(18-5-2-1-3-6-18)34-29(22)36-31(33)35-28/h1-8,11-15,17,38H,9-10,16H2,(H3,33,34,35,36). The second-order valence-electron chi connectivity index (χ2n) is 9.94. The van der Waals surface area contributed by atoms with Crippen molar-refractivity contribution in [3.8, 4) is 28.2 Å². The van der Waals surface area contributed by atoms with Gasteiger partial charge in [0.2, 0.25) is 5.95 Å². The Balaban J connectivity index is 1.42. The van der Waals surface area contributed by atoms with Crippen molar-refractivity contribution >= 4 is 27.8 Å². The van der Waals surface area contributed by atoms with E-state index in [-0.39, 0.29) is 17.9 Å². The van der Waals surface area contributed by atoms with Gasteiger partial charge in [-0.25, -0.2) is 9.37 Å².